The van der Waals surface area contributed by atoms with E-state index in [2.05, 4.69) is 11.9 Å². The molecule has 108 valence electrons. The van der Waals surface area contributed by atoms with Crippen LogP contribution < -0.4 is 0 Å². The zero-order chi connectivity index (χ0) is 13.9. The minimum atomic E-state index is -0.410. The number of rotatable bonds is 0. The molecule has 1 aliphatic heterocycles. The number of piperidine rings is 1. The van der Waals surface area contributed by atoms with Gasteiger partial charge in [-0.15, -0.1) is 0 Å². The van der Waals surface area contributed by atoms with Gasteiger partial charge in [0.2, 0.25) is 0 Å². The molecule has 0 spiro atoms. The van der Waals surface area contributed by atoms with Crippen LogP contribution in [0, 0.1) is 5.92 Å². The van der Waals surface area contributed by atoms with Crippen molar-refractivity contribution >= 4 is 0 Å². The van der Waals surface area contributed by atoms with E-state index in [4.69, 9.17) is 0 Å². The highest BCUT2D eigenvalue weighted by atomic mass is 16.3. The van der Waals surface area contributed by atoms with Crippen molar-refractivity contribution in [2.24, 2.45) is 5.92 Å². The van der Waals surface area contributed by atoms with E-state index < -0.39 is 6.10 Å². The van der Waals surface area contributed by atoms with Crippen molar-refractivity contribution < 1.29 is 10.2 Å². The molecule has 2 bridgehead atoms. The first-order valence-corrected chi connectivity index (χ1v) is 7.85. The third-order valence-electron chi connectivity index (χ3n) is 6.15. The minimum absolute atomic E-state index is 0.197. The van der Waals surface area contributed by atoms with Crippen LogP contribution in [0.15, 0.2) is 18.2 Å². The summed E-state index contributed by atoms with van der Waals surface area (Å²) in [5.74, 6) is 0.881. The summed E-state index contributed by atoms with van der Waals surface area (Å²) < 4.78 is 0. The van der Waals surface area contributed by atoms with Crippen molar-refractivity contribution in [2.45, 2.75) is 49.7 Å². The normalized spacial score (nSPS) is 40.0. The van der Waals surface area contributed by atoms with Gasteiger partial charge in [-0.2, -0.15) is 0 Å². The topological polar surface area (TPSA) is 43.7 Å². The molecule has 4 rings (SSSR count). The number of nitrogens with zero attached hydrogens (tertiary/aromatic N) is 1. The fourth-order valence-corrected chi connectivity index (χ4v) is 5.25. The van der Waals surface area contributed by atoms with Crippen LogP contribution >= 0.6 is 0 Å². The largest absolute Gasteiger partial charge is 0.508 e. The lowest BCUT2D eigenvalue weighted by Crippen LogP contribution is -2.61. The second kappa shape index (κ2) is 4.22. The maximum Gasteiger partial charge on any atom is 0.115 e. The van der Waals surface area contributed by atoms with Gasteiger partial charge >= 0.3 is 0 Å². The van der Waals surface area contributed by atoms with E-state index in [0.717, 1.165) is 18.5 Å². The molecule has 1 heterocycles. The Morgan fingerprint density at radius 1 is 1.25 bits per heavy atom. The van der Waals surface area contributed by atoms with Gasteiger partial charge in [0.25, 0.3) is 0 Å². The fraction of sp³-hybridized carbons (Fsp3) is 0.647. The molecule has 4 atom stereocenters. The van der Waals surface area contributed by atoms with Gasteiger partial charge in [-0.3, -0.25) is 0 Å². The first kappa shape index (κ1) is 12.7. The summed E-state index contributed by atoms with van der Waals surface area (Å²) in [6, 6.07) is 5.84. The van der Waals surface area contributed by atoms with E-state index in [9.17, 15) is 10.2 Å². The number of hydrogen-bond acceptors (Lipinski definition) is 3. The number of aromatic hydroxyl groups is 1. The van der Waals surface area contributed by atoms with Gasteiger partial charge in [-0.25, -0.2) is 0 Å². The summed E-state index contributed by atoms with van der Waals surface area (Å²) in [6.07, 6.45) is 5.72. The summed E-state index contributed by atoms with van der Waals surface area (Å²) in [5, 5.41) is 20.8. The van der Waals surface area contributed by atoms with Crippen molar-refractivity contribution in [3.8, 4) is 5.75 Å². The van der Waals surface area contributed by atoms with Gasteiger partial charge in [0.1, 0.15) is 5.75 Å². The van der Waals surface area contributed by atoms with Gasteiger partial charge < -0.3 is 15.1 Å². The highest BCUT2D eigenvalue weighted by Crippen LogP contribution is 2.58. The Hall–Kier alpha value is -1.06. The first-order chi connectivity index (χ1) is 9.63. The second-order valence-corrected chi connectivity index (χ2v) is 6.95. The number of fused-ring (bicyclic) bond motifs is 1. The van der Waals surface area contributed by atoms with Crippen molar-refractivity contribution in [2.75, 3.05) is 13.6 Å². The van der Waals surface area contributed by atoms with Crippen LogP contribution in [-0.2, 0) is 5.41 Å². The van der Waals surface area contributed by atoms with Gasteiger partial charge in [0.15, 0.2) is 0 Å². The fourth-order valence-electron chi connectivity index (χ4n) is 5.25. The van der Waals surface area contributed by atoms with E-state index in [1.807, 2.05) is 12.1 Å². The maximum atomic E-state index is 10.8. The summed E-state index contributed by atoms with van der Waals surface area (Å²) in [6.45, 7) is 1.05. The number of benzene rings is 1. The van der Waals surface area contributed by atoms with Crippen LogP contribution in [-0.4, -0.2) is 34.7 Å². The lowest BCUT2D eigenvalue weighted by Gasteiger charge is -2.59. The Morgan fingerprint density at radius 2 is 2.10 bits per heavy atom. The summed E-state index contributed by atoms with van der Waals surface area (Å²) in [4.78, 5) is 2.36. The Bertz CT molecular complexity index is 544. The van der Waals surface area contributed by atoms with E-state index in [1.165, 1.54) is 31.2 Å². The van der Waals surface area contributed by atoms with E-state index >= 15 is 0 Å². The predicted molar refractivity (Wildman–Crippen MR) is 77.7 cm³/mol. The Labute approximate surface area is 120 Å². The molecule has 0 unspecified atom stereocenters. The average molecular weight is 273 g/mol. The molecule has 3 nitrogen and oxygen atoms in total. The van der Waals surface area contributed by atoms with Crippen molar-refractivity contribution in [3.63, 3.8) is 0 Å². The third-order valence-corrected chi connectivity index (χ3v) is 6.15. The molecular formula is C17H23NO2. The molecule has 2 fully saturated rings. The van der Waals surface area contributed by atoms with Crippen LogP contribution in [0.2, 0.25) is 0 Å². The minimum Gasteiger partial charge on any atom is -0.508 e. The zero-order valence-corrected chi connectivity index (χ0v) is 12.0. The van der Waals surface area contributed by atoms with Gasteiger partial charge in [-0.05, 0) is 62.0 Å². The highest BCUT2D eigenvalue weighted by molar-refractivity contribution is 5.46. The molecule has 2 N–H and O–H groups in total. The molecule has 0 aromatic heterocycles. The second-order valence-electron chi connectivity index (χ2n) is 6.95. The maximum absolute atomic E-state index is 10.8. The molecule has 20 heavy (non-hydrogen) atoms. The monoisotopic (exact) mass is 273 g/mol. The third kappa shape index (κ3) is 1.48. The van der Waals surface area contributed by atoms with Crippen molar-refractivity contribution in [3.05, 3.63) is 29.3 Å². The standard InChI is InChI=1S/C17H23NO2/c1-18-9-8-17-7-3-2-4-13(17)15(18)16(20)12-6-5-11(19)10-14(12)17/h5-6,10,13,15-16,19-20H,2-4,7-9H2,1H3/t13-,15+,16-,17+/m1/s1. The molecule has 2 aliphatic carbocycles. The molecule has 1 aromatic rings. The van der Waals surface area contributed by atoms with Gasteiger partial charge in [0, 0.05) is 11.5 Å². The summed E-state index contributed by atoms with van der Waals surface area (Å²) in [5.41, 5.74) is 2.49. The van der Waals surface area contributed by atoms with Crippen LogP contribution in [0.3, 0.4) is 0 Å². The highest BCUT2D eigenvalue weighted by Gasteiger charge is 2.56. The lowest BCUT2D eigenvalue weighted by molar-refractivity contribution is -0.0680. The Morgan fingerprint density at radius 3 is 2.95 bits per heavy atom. The molecule has 3 heteroatoms. The number of aliphatic hydroxyl groups excluding tert-OH is 1. The molecule has 0 amide bonds. The average Bonchev–Trinajstić information content (AvgIpc) is 2.46. The molecule has 0 radical (unpaired) electrons. The zero-order valence-electron chi connectivity index (χ0n) is 12.0. The van der Waals surface area contributed by atoms with Crippen LogP contribution in [0.4, 0.5) is 0 Å². The number of hydrogen-bond donors (Lipinski definition) is 2. The van der Waals surface area contributed by atoms with Crippen molar-refractivity contribution in [1.82, 2.24) is 4.90 Å². The van der Waals surface area contributed by atoms with Gasteiger partial charge in [0.05, 0.1) is 6.10 Å². The van der Waals surface area contributed by atoms with E-state index in [1.54, 1.807) is 6.07 Å². The quantitative estimate of drug-likeness (QED) is 0.763. The number of aliphatic hydroxyl groups is 1. The smallest absolute Gasteiger partial charge is 0.115 e. The lowest BCUT2D eigenvalue weighted by atomic mass is 9.52. The molecule has 3 aliphatic rings. The first-order valence-electron chi connectivity index (χ1n) is 7.85. The number of phenolic OH excluding ortho intramolecular Hbond substituents is 1. The van der Waals surface area contributed by atoms with Crippen LogP contribution in [0.5, 0.6) is 5.75 Å². The SMILES string of the molecule is CN1CC[C@@]23CCCC[C@@H]2[C@H]1[C@H](O)c1ccc(O)cc13. The van der Waals surface area contributed by atoms with E-state index in [-0.39, 0.29) is 11.5 Å². The van der Waals surface area contributed by atoms with Crippen LogP contribution in [0.25, 0.3) is 0 Å². The Kier molecular flexibility index (Phi) is 2.67. The summed E-state index contributed by atoms with van der Waals surface area (Å²) in [7, 11) is 2.15. The number of likely N-dealkylation sites (tertiary alicyclic amines) is 1. The predicted octanol–water partition coefficient (Wildman–Crippen LogP) is 2.57. The van der Waals surface area contributed by atoms with E-state index in [0.29, 0.717) is 11.7 Å². The number of phenols is 1. The molecule has 1 saturated carbocycles. The van der Waals surface area contributed by atoms with Crippen molar-refractivity contribution in [1.29, 1.82) is 0 Å². The molecule has 1 saturated heterocycles. The van der Waals surface area contributed by atoms with Gasteiger partial charge in [-0.1, -0.05) is 18.9 Å². The Balaban J connectivity index is 1.95. The molecule has 1 aromatic carbocycles. The summed E-state index contributed by atoms with van der Waals surface area (Å²) >= 11 is 0. The number of likely N-dealkylation sites (N-methyl/N-ethyl adjacent to an activating group) is 1. The molecular weight excluding hydrogens is 250 g/mol. The van der Waals surface area contributed by atoms with Crippen LogP contribution in [0.1, 0.15) is 49.3 Å².